The predicted octanol–water partition coefficient (Wildman–Crippen LogP) is 0.683. The summed E-state index contributed by atoms with van der Waals surface area (Å²) in [6.07, 6.45) is 5.61. The molecule has 0 bridgehead atoms. The van der Waals surface area contributed by atoms with E-state index in [4.69, 9.17) is 5.73 Å². The highest BCUT2D eigenvalue weighted by Gasteiger charge is 2.46. The van der Waals surface area contributed by atoms with Crippen LogP contribution in [-0.2, 0) is 11.3 Å². The van der Waals surface area contributed by atoms with Crippen LogP contribution in [0.5, 0.6) is 0 Å². The molecule has 0 atom stereocenters. The lowest BCUT2D eigenvalue weighted by molar-refractivity contribution is -0.138. The van der Waals surface area contributed by atoms with Crippen molar-refractivity contribution in [2.24, 2.45) is 17.1 Å². The number of aromatic nitrogens is 2. The Hall–Kier alpha value is -1.36. The third-order valence-corrected chi connectivity index (χ3v) is 3.74. The molecule has 1 aliphatic carbocycles. The summed E-state index contributed by atoms with van der Waals surface area (Å²) in [4.78, 5) is 12.1. The molecule has 5 nitrogen and oxygen atoms in total. The number of amides is 1. The van der Waals surface area contributed by atoms with Gasteiger partial charge in [0.2, 0.25) is 5.91 Å². The molecule has 5 heteroatoms. The number of hydrogen-bond acceptors (Lipinski definition) is 3. The maximum absolute atomic E-state index is 12.1. The predicted molar refractivity (Wildman–Crippen MR) is 69.9 cm³/mol. The van der Waals surface area contributed by atoms with E-state index < -0.39 is 0 Å². The first-order valence-electron chi connectivity index (χ1n) is 6.53. The lowest BCUT2D eigenvalue weighted by atomic mass is 9.62. The highest BCUT2D eigenvalue weighted by atomic mass is 16.2. The van der Waals surface area contributed by atoms with Crippen molar-refractivity contribution in [3.05, 3.63) is 18.0 Å². The molecule has 1 fully saturated rings. The summed E-state index contributed by atoms with van der Waals surface area (Å²) < 4.78 is 1.84. The topological polar surface area (TPSA) is 72.9 Å². The highest BCUT2D eigenvalue weighted by molar-refractivity contribution is 5.83. The second-order valence-corrected chi connectivity index (χ2v) is 5.53. The molecule has 2 rings (SSSR count). The molecule has 0 aliphatic heterocycles. The molecule has 1 aliphatic rings. The molecular weight excluding hydrogens is 228 g/mol. The molecular formula is C13H22N4O. The first-order chi connectivity index (χ1) is 8.55. The Balaban J connectivity index is 1.78. The maximum Gasteiger partial charge on any atom is 0.227 e. The summed E-state index contributed by atoms with van der Waals surface area (Å²) in [6, 6.07) is 0. The quantitative estimate of drug-likeness (QED) is 0.807. The minimum Gasteiger partial charge on any atom is -0.354 e. The smallest absolute Gasteiger partial charge is 0.227 e. The standard InChI is InChI=1S/C13H22N4O/c1-10-5-13(6-10,9-14)12(18)15-3-4-17-8-11(2)7-16-17/h7-8,10H,3-6,9,14H2,1-2H3,(H,15,18). The van der Waals surface area contributed by atoms with Gasteiger partial charge in [-0.25, -0.2) is 0 Å². The van der Waals surface area contributed by atoms with Gasteiger partial charge in [0, 0.05) is 19.3 Å². The molecule has 1 amide bonds. The molecule has 0 radical (unpaired) electrons. The molecule has 3 N–H and O–H groups in total. The van der Waals surface area contributed by atoms with Crippen molar-refractivity contribution < 1.29 is 4.79 Å². The highest BCUT2D eigenvalue weighted by Crippen LogP contribution is 2.44. The van der Waals surface area contributed by atoms with Crippen LogP contribution in [0.15, 0.2) is 12.4 Å². The van der Waals surface area contributed by atoms with E-state index in [1.165, 1.54) is 0 Å². The number of nitrogens with zero attached hydrogens (tertiary/aromatic N) is 2. The Morgan fingerprint density at radius 2 is 2.39 bits per heavy atom. The van der Waals surface area contributed by atoms with Gasteiger partial charge in [-0.15, -0.1) is 0 Å². The van der Waals surface area contributed by atoms with Gasteiger partial charge in [-0.3, -0.25) is 9.48 Å². The van der Waals surface area contributed by atoms with Crippen LogP contribution in [0.2, 0.25) is 0 Å². The Bertz CT molecular complexity index is 420. The van der Waals surface area contributed by atoms with E-state index in [1.807, 2.05) is 24.0 Å². The van der Waals surface area contributed by atoms with Gasteiger partial charge < -0.3 is 11.1 Å². The van der Waals surface area contributed by atoms with Crippen LogP contribution in [-0.4, -0.2) is 28.8 Å². The summed E-state index contributed by atoms with van der Waals surface area (Å²) in [5, 5.41) is 7.16. The van der Waals surface area contributed by atoms with E-state index in [2.05, 4.69) is 17.3 Å². The minimum atomic E-state index is -0.306. The van der Waals surface area contributed by atoms with Crippen molar-refractivity contribution in [3.8, 4) is 0 Å². The summed E-state index contributed by atoms with van der Waals surface area (Å²) in [7, 11) is 0. The van der Waals surface area contributed by atoms with E-state index in [1.54, 1.807) is 0 Å². The fourth-order valence-electron chi connectivity index (χ4n) is 2.78. The average Bonchev–Trinajstić information content (AvgIpc) is 2.70. The molecule has 0 aromatic carbocycles. The second-order valence-electron chi connectivity index (χ2n) is 5.53. The lowest BCUT2D eigenvalue weighted by Crippen LogP contribution is -2.53. The number of carbonyl (C=O) groups excluding carboxylic acids is 1. The van der Waals surface area contributed by atoms with Gasteiger partial charge in [0.1, 0.15) is 0 Å². The second kappa shape index (κ2) is 5.10. The Labute approximate surface area is 108 Å². The van der Waals surface area contributed by atoms with Crippen LogP contribution < -0.4 is 11.1 Å². The fourth-order valence-corrected chi connectivity index (χ4v) is 2.78. The van der Waals surface area contributed by atoms with Gasteiger partial charge >= 0.3 is 0 Å². The largest absolute Gasteiger partial charge is 0.354 e. The molecule has 1 heterocycles. The summed E-state index contributed by atoms with van der Waals surface area (Å²) in [5.41, 5.74) is 6.57. The number of carbonyl (C=O) groups is 1. The number of nitrogens with one attached hydrogen (secondary N) is 1. The third kappa shape index (κ3) is 2.56. The molecule has 0 saturated heterocycles. The van der Waals surface area contributed by atoms with E-state index in [0.717, 1.165) is 18.4 Å². The summed E-state index contributed by atoms with van der Waals surface area (Å²) >= 11 is 0. The van der Waals surface area contributed by atoms with Crippen LogP contribution in [0.4, 0.5) is 0 Å². The van der Waals surface area contributed by atoms with E-state index in [-0.39, 0.29) is 11.3 Å². The molecule has 1 aromatic rings. The SMILES string of the molecule is Cc1cnn(CCNC(=O)C2(CN)CC(C)C2)c1. The van der Waals surface area contributed by atoms with Crippen LogP contribution in [0.1, 0.15) is 25.3 Å². The molecule has 0 unspecified atom stereocenters. The van der Waals surface area contributed by atoms with Gasteiger partial charge in [-0.1, -0.05) is 6.92 Å². The normalized spacial score (nSPS) is 26.7. The summed E-state index contributed by atoms with van der Waals surface area (Å²) in [5.74, 6) is 0.722. The molecule has 1 aromatic heterocycles. The Morgan fingerprint density at radius 1 is 1.67 bits per heavy atom. The van der Waals surface area contributed by atoms with Crippen LogP contribution >= 0.6 is 0 Å². The number of hydrogen-bond donors (Lipinski definition) is 2. The zero-order valence-electron chi connectivity index (χ0n) is 11.1. The molecule has 0 spiro atoms. The molecule has 100 valence electrons. The van der Waals surface area contributed by atoms with Gasteiger partial charge in [0.25, 0.3) is 0 Å². The van der Waals surface area contributed by atoms with Crippen molar-refractivity contribution in [2.75, 3.05) is 13.1 Å². The average molecular weight is 250 g/mol. The van der Waals surface area contributed by atoms with Crippen LogP contribution in [0.25, 0.3) is 0 Å². The number of aryl methyl sites for hydroxylation is 1. The van der Waals surface area contributed by atoms with Crippen molar-refractivity contribution in [3.63, 3.8) is 0 Å². The third-order valence-electron chi connectivity index (χ3n) is 3.74. The van der Waals surface area contributed by atoms with Crippen molar-refractivity contribution in [1.82, 2.24) is 15.1 Å². The zero-order chi connectivity index (χ0) is 13.2. The fraction of sp³-hybridized carbons (Fsp3) is 0.692. The molecule has 1 saturated carbocycles. The van der Waals surface area contributed by atoms with E-state index >= 15 is 0 Å². The van der Waals surface area contributed by atoms with E-state index in [9.17, 15) is 4.79 Å². The van der Waals surface area contributed by atoms with Crippen molar-refractivity contribution in [1.29, 1.82) is 0 Å². The van der Waals surface area contributed by atoms with Gasteiger partial charge in [0.15, 0.2) is 0 Å². The first kappa shape index (κ1) is 13.1. The van der Waals surface area contributed by atoms with Crippen LogP contribution in [0.3, 0.4) is 0 Å². The van der Waals surface area contributed by atoms with Gasteiger partial charge in [-0.2, -0.15) is 5.10 Å². The summed E-state index contributed by atoms with van der Waals surface area (Å²) in [6.45, 7) is 5.92. The van der Waals surface area contributed by atoms with Crippen molar-refractivity contribution >= 4 is 5.91 Å². The number of rotatable bonds is 5. The Morgan fingerprint density at radius 3 is 2.89 bits per heavy atom. The minimum absolute atomic E-state index is 0.104. The Kier molecular flexibility index (Phi) is 3.71. The van der Waals surface area contributed by atoms with Crippen LogP contribution in [0, 0.1) is 18.3 Å². The zero-order valence-corrected chi connectivity index (χ0v) is 11.1. The van der Waals surface area contributed by atoms with Gasteiger partial charge in [0.05, 0.1) is 18.2 Å². The van der Waals surface area contributed by atoms with E-state index in [0.29, 0.717) is 25.6 Å². The first-order valence-corrected chi connectivity index (χ1v) is 6.53. The van der Waals surface area contributed by atoms with Crippen molar-refractivity contribution in [2.45, 2.75) is 33.2 Å². The molecule has 18 heavy (non-hydrogen) atoms. The lowest BCUT2D eigenvalue weighted by Gasteiger charge is -2.44. The van der Waals surface area contributed by atoms with Gasteiger partial charge in [-0.05, 0) is 31.2 Å². The monoisotopic (exact) mass is 250 g/mol. The maximum atomic E-state index is 12.1. The number of nitrogens with two attached hydrogens (primary N) is 1.